The van der Waals surface area contributed by atoms with Gasteiger partial charge in [-0.1, -0.05) is 6.07 Å². The molecule has 0 spiro atoms. The molecule has 1 aromatic carbocycles. The molecule has 16 heavy (non-hydrogen) atoms. The van der Waals surface area contributed by atoms with Crippen LogP contribution in [0.1, 0.15) is 36.8 Å². The summed E-state index contributed by atoms with van der Waals surface area (Å²) in [5, 5.41) is 3.61. The topological polar surface area (TPSA) is 38.0 Å². The minimum atomic E-state index is 0.429. The summed E-state index contributed by atoms with van der Waals surface area (Å²) in [7, 11) is 0. The van der Waals surface area contributed by atoms with E-state index in [-0.39, 0.29) is 0 Å². The molecule has 1 fully saturated rings. The molecule has 0 aliphatic heterocycles. The summed E-state index contributed by atoms with van der Waals surface area (Å²) < 4.78 is 0. The fraction of sp³-hybridized carbons (Fsp3) is 0.571. The van der Waals surface area contributed by atoms with Gasteiger partial charge in [-0.3, -0.25) is 0 Å². The summed E-state index contributed by atoms with van der Waals surface area (Å²) in [6.45, 7) is 4.32. The molecule has 1 aromatic rings. The molecule has 0 heterocycles. The second kappa shape index (κ2) is 4.88. The molecule has 0 saturated heterocycles. The molecule has 0 radical (unpaired) electrons. The number of rotatable bonds is 2. The lowest BCUT2D eigenvalue weighted by molar-refractivity contribution is 0.411. The summed E-state index contributed by atoms with van der Waals surface area (Å²) >= 11 is 0. The van der Waals surface area contributed by atoms with Gasteiger partial charge in [-0.05, 0) is 62.8 Å². The van der Waals surface area contributed by atoms with Gasteiger partial charge in [-0.15, -0.1) is 0 Å². The molecule has 0 atom stereocenters. The standard InChI is InChI=1S/C14H22N2/c1-10-3-6-14(9-11(10)2)16-13-7-4-12(15)5-8-13/h3,6,9,12-13,16H,4-5,7-8,15H2,1-2H3. The first kappa shape index (κ1) is 11.5. The van der Waals surface area contributed by atoms with Crippen LogP contribution in [0.4, 0.5) is 5.69 Å². The third kappa shape index (κ3) is 2.76. The minimum absolute atomic E-state index is 0.429. The smallest absolute Gasteiger partial charge is 0.0345 e. The second-order valence-corrected chi connectivity index (χ2v) is 5.06. The Labute approximate surface area is 98.2 Å². The number of hydrogen-bond donors (Lipinski definition) is 2. The van der Waals surface area contributed by atoms with Gasteiger partial charge in [-0.2, -0.15) is 0 Å². The van der Waals surface area contributed by atoms with Crippen LogP contribution in [0.5, 0.6) is 0 Å². The van der Waals surface area contributed by atoms with Crippen LogP contribution in [-0.2, 0) is 0 Å². The average Bonchev–Trinajstić information content (AvgIpc) is 2.27. The fourth-order valence-corrected chi connectivity index (χ4v) is 2.33. The van der Waals surface area contributed by atoms with Crippen molar-refractivity contribution in [2.24, 2.45) is 5.73 Å². The maximum atomic E-state index is 5.91. The van der Waals surface area contributed by atoms with Crippen LogP contribution in [0.2, 0.25) is 0 Å². The first-order valence-corrected chi connectivity index (χ1v) is 6.24. The Kier molecular flexibility index (Phi) is 3.49. The lowest BCUT2D eigenvalue weighted by atomic mass is 9.91. The lowest BCUT2D eigenvalue weighted by Crippen LogP contribution is -2.32. The number of nitrogens with two attached hydrogens (primary N) is 1. The summed E-state index contributed by atoms with van der Waals surface area (Å²) in [4.78, 5) is 0. The molecule has 2 rings (SSSR count). The molecule has 1 aliphatic rings. The van der Waals surface area contributed by atoms with Gasteiger partial charge in [0.25, 0.3) is 0 Å². The van der Waals surface area contributed by atoms with Crippen LogP contribution in [-0.4, -0.2) is 12.1 Å². The van der Waals surface area contributed by atoms with Gasteiger partial charge in [0.1, 0.15) is 0 Å². The summed E-state index contributed by atoms with van der Waals surface area (Å²) in [5.74, 6) is 0. The highest BCUT2D eigenvalue weighted by Crippen LogP contribution is 2.22. The molecule has 0 amide bonds. The Balaban J connectivity index is 1.96. The van der Waals surface area contributed by atoms with Crippen molar-refractivity contribution in [3.63, 3.8) is 0 Å². The first-order valence-electron chi connectivity index (χ1n) is 6.24. The van der Waals surface area contributed by atoms with E-state index in [9.17, 15) is 0 Å². The van der Waals surface area contributed by atoms with Crippen molar-refractivity contribution >= 4 is 5.69 Å². The van der Waals surface area contributed by atoms with Crippen molar-refractivity contribution in [3.8, 4) is 0 Å². The first-order chi connectivity index (χ1) is 7.65. The third-order valence-electron chi connectivity index (χ3n) is 3.65. The van der Waals surface area contributed by atoms with E-state index in [0.29, 0.717) is 12.1 Å². The van der Waals surface area contributed by atoms with Crippen molar-refractivity contribution in [1.82, 2.24) is 0 Å². The zero-order chi connectivity index (χ0) is 11.5. The average molecular weight is 218 g/mol. The normalized spacial score (nSPS) is 25.4. The van der Waals surface area contributed by atoms with E-state index < -0.39 is 0 Å². The van der Waals surface area contributed by atoms with Crippen LogP contribution >= 0.6 is 0 Å². The van der Waals surface area contributed by atoms with Crippen LogP contribution in [0.3, 0.4) is 0 Å². The molecule has 1 aliphatic carbocycles. The van der Waals surface area contributed by atoms with E-state index in [1.807, 2.05) is 0 Å². The van der Waals surface area contributed by atoms with Gasteiger partial charge >= 0.3 is 0 Å². The van der Waals surface area contributed by atoms with Gasteiger partial charge in [0.2, 0.25) is 0 Å². The number of anilines is 1. The highest BCUT2D eigenvalue weighted by atomic mass is 14.9. The van der Waals surface area contributed by atoms with E-state index in [0.717, 1.165) is 12.8 Å². The molecule has 2 nitrogen and oxygen atoms in total. The lowest BCUT2D eigenvalue weighted by Gasteiger charge is -2.27. The highest BCUT2D eigenvalue weighted by molar-refractivity contribution is 5.48. The Morgan fingerprint density at radius 3 is 2.38 bits per heavy atom. The minimum Gasteiger partial charge on any atom is -0.382 e. The highest BCUT2D eigenvalue weighted by Gasteiger charge is 2.17. The van der Waals surface area contributed by atoms with Gasteiger partial charge in [0.05, 0.1) is 0 Å². The van der Waals surface area contributed by atoms with Gasteiger partial charge in [0, 0.05) is 17.8 Å². The molecular weight excluding hydrogens is 196 g/mol. The maximum absolute atomic E-state index is 5.91. The van der Waals surface area contributed by atoms with E-state index in [1.165, 1.54) is 29.7 Å². The molecule has 0 aromatic heterocycles. The number of aryl methyl sites for hydroxylation is 2. The van der Waals surface area contributed by atoms with Crippen molar-refractivity contribution in [3.05, 3.63) is 29.3 Å². The summed E-state index contributed by atoms with van der Waals surface area (Å²) in [6.07, 6.45) is 4.72. The SMILES string of the molecule is Cc1ccc(NC2CCC(N)CC2)cc1C. The predicted octanol–water partition coefficient (Wildman–Crippen LogP) is 2.99. The summed E-state index contributed by atoms with van der Waals surface area (Å²) in [6, 6.07) is 7.65. The molecule has 3 N–H and O–H groups in total. The Morgan fingerprint density at radius 1 is 1.06 bits per heavy atom. The largest absolute Gasteiger partial charge is 0.382 e. The zero-order valence-electron chi connectivity index (χ0n) is 10.3. The third-order valence-corrected chi connectivity index (χ3v) is 3.65. The monoisotopic (exact) mass is 218 g/mol. The van der Waals surface area contributed by atoms with Crippen LogP contribution in [0, 0.1) is 13.8 Å². The summed E-state index contributed by atoms with van der Waals surface area (Å²) in [5.41, 5.74) is 9.88. The fourth-order valence-electron chi connectivity index (χ4n) is 2.33. The number of benzene rings is 1. The van der Waals surface area contributed by atoms with E-state index in [1.54, 1.807) is 0 Å². The molecule has 2 heteroatoms. The van der Waals surface area contributed by atoms with Crippen LogP contribution in [0.15, 0.2) is 18.2 Å². The van der Waals surface area contributed by atoms with Gasteiger partial charge in [0.15, 0.2) is 0 Å². The van der Waals surface area contributed by atoms with Gasteiger partial charge < -0.3 is 11.1 Å². The van der Waals surface area contributed by atoms with Gasteiger partial charge in [-0.25, -0.2) is 0 Å². The van der Waals surface area contributed by atoms with Crippen LogP contribution in [0.25, 0.3) is 0 Å². The number of hydrogen-bond acceptors (Lipinski definition) is 2. The second-order valence-electron chi connectivity index (χ2n) is 5.06. The number of nitrogens with one attached hydrogen (secondary N) is 1. The van der Waals surface area contributed by atoms with Crippen LogP contribution < -0.4 is 11.1 Å². The van der Waals surface area contributed by atoms with E-state index in [4.69, 9.17) is 5.73 Å². The predicted molar refractivity (Wildman–Crippen MR) is 69.8 cm³/mol. The van der Waals surface area contributed by atoms with Crippen molar-refractivity contribution in [2.75, 3.05) is 5.32 Å². The van der Waals surface area contributed by atoms with E-state index >= 15 is 0 Å². The Bertz CT molecular complexity index is 352. The van der Waals surface area contributed by atoms with Crippen molar-refractivity contribution in [1.29, 1.82) is 0 Å². The van der Waals surface area contributed by atoms with Crippen molar-refractivity contribution < 1.29 is 0 Å². The molecular formula is C14H22N2. The molecule has 0 unspecified atom stereocenters. The molecule has 0 bridgehead atoms. The zero-order valence-corrected chi connectivity index (χ0v) is 10.3. The van der Waals surface area contributed by atoms with Crippen molar-refractivity contribution in [2.45, 2.75) is 51.6 Å². The maximum Gasteiger partial charge on any atom is 0.0345 e. The molecule has 88 valence electrons. The quantitative estimate of drug-likeness (QED) is 0.801. The van der Waals surface area contributed by atoms with E-state index in [2.05, 4.69) is 37.4 Å². The Hall–Kier alpha value is -1.02. The molecule has 1 saturated carbocycles. The Morgan fingerprint density at radius 2 is 1.75 bits per heavy atom.